The van der Waals surface area contributed by atoms with Crippen LogP contribution in [0.25, 0.3) is 21.9 Å². The van der Waals surface area contributed by atoms with E-state index < -0.39 is 0 Å². The fourth-order valence-corrected chi connectivity index (χ4v) is 2.18. The van der Waals surface area contributed by atoms with Crippen LogP contribution in [0.15, 0.2) is 60.6 Å². The molecule has 3 aromatic rings. The molecular formula is C18H16. The van der Waals surface area contributed by atoms with Crippen molar-refractivity contribution in [2.24, 2.45) is 0 Å². The van der Waals surface area contributed by atoms with Crippen molar-refractivity contribution in [2.75, 3.05) is 0 Å². The summed E-state index contributed by atoms with van der Waals surface area (Å²) < 4.78 is 32.6. The minimum Gasteiger partial charge on any atom is -0.0616 e. The van der Waals surface area contributed by atoms with Crippen LogP contribution in [-0.4, -0.2) is 0 Å². The summed E-state index contributed by atoms with van der Waals surface area (Å²) in [6.07, 6.45) is 0. The van der Waals surface area contributed by atoms with Gasteiger partial charge in [0.1, 0.15) is 0 Å². The molecule has 0 heterocycles. The Morgan fingerprint density at radius 2 is 1.44 bits per heavy atom. The molecule has 0 atom stereocenters. The molecule has 0 aliphatic rings. The Hall–Kier alpha value is -2.08. The molecule has 0 spiro atoms. The molecule has 0 aromatic heterocycles. The van der Waals surface area contributed by atoms with Gasteiger partial charge in [-0.25, -0.2) is 0 Å². The third-order valence-corrected chi connectivity index (χ3v) is 3.16. The van der Waals surface area contributed by atoms with E-state index in [0.717, 1.165) is 21.9 Å². The monoisotopic (exact) mass is 236 g/mol. The van der Waals surface area contributed by atoms with Crippen LogP contribution >= 0.6 is 0 Å². The van der Waals surface area contributed by atoms with Crippen LogP contribution in [0.5, 0.6) is 0 Å². The average Bonchev–Trinajstić information content (AvgIpc) is 2.53. The molecule has 0 unspecified atom stereocenters. The lowest BCUT2D eigenvalue weighted by molar-refractivity contribution is 1.47. The maximum absolute atomic E-state index is 8.25. The van der Waals surface area contributed by atoms with Crippen molar-refractivity contribution < 1.29 is 5.48 Å². The second kappa shape index (κ2) is 4.30. The van der Waals surface area contributed by atoms with Crippen LogP contribution in [0.1, 0.15) is 16.6 Å². The highest BCUT2D eigenvalue weighted by Crippen LogP contribution is 2.30. The van der Waals surface area contributed by atoms with Gasteiger partial charge in [-0.05, 0) is 41.3 Å². The number of aryl methyl sites for hydroxylation is 1. The van der Waals surface area contributed by atoms with Gasteiger partial charge >= 0.3 is 0 Å². The number of hydrogen-bond acceptors (Lipinski definition) is 0. The normalized spacial score (nSPS) is 13.9. The van der Waals surface area contributed by atoms with E-state index in [1.54, 1.807) is 6.92 Å². The van der Waals surface area contributed by atoms with Gasteiger partial charge in [0.25, 0.3) is 0 Å². The molecule has 0 bridgehead atoms. The summed E-state index contributed by atoms with van der Waals surface area (Å²) in [5, 5.41) is 2.02. The molecule has 0 radical (unpaired) electrons. The Kier molecular flexibility index (Phi) is 1.76. The van der Waals surface area contributed by atoms with Crippen LogP contribution in [0.3, 0.4) is 0 Å². The van der Waals surface area contributed by atoms with Gasteiger partial charge in [0, 0.05) is 0 Å². The number of benzene rings is 3. The molecule has 0 saturated carbocycles. The third kappa shape index (κ3) is 1.80. The van der Waals surface area contributed by atoms with E-state index in [1.165, 1.54) is 0 Å². The van der Waals surface area contributed by atoms with E-state index in [0.29, 0.717) is 11.1 Å². The van der Waals surface area contributed by atoms with E-state index in [4.69, 9.17) is 5.48 Å². The topological polar surface area (TPSA) is 0 Å². The van der Waals surface area contributed by atoms with Gasteiger partial charge in [-0.2, -0.15) is 0 Å². The molecule has 0 aliphatic heterocycles. The SMILES string of the molecule is [2H]c1c([2H])c(-c2ccc(C)c3ccccc23)c([2H])c([2H])c1C. The van der Waals surface area contributed by atoms with Gasteiger partial charge in [-0.3, -0.25) is 0 Å². The van der Waals surface area contributed by atoms with Crippen molar-refractivity contribution in [1.82, 2.24) is 0 Å². The quantitative estimate of drug-likeness (QED) is 0.550. The summed E-state index contributed by atoms with van der Waals surface area (Å²) in [5.41, 5.74) is 2.63. The Morgan fingerprint density at radius 1 is 0.778 bits per heavy atom. The highest BCUT2D eigenvalue weighted by molar-refractivity contribution is 5.98. The molecule has 0 saturated heterocycles. The highest BCUT2D eigenvalue weighted by atomic mass is 14.1. The second-order valence-electron chi connectivity index (χ2n) is 4.48. The standard InChI is InChI=1S/C18H16/c1-13-7-10-15(11-8-13)17-12-9-14(2)16-5-3-4-6-18(16)17/h3-12H,1-2H3/i7D,8D,10D,11D. The van der Waals surface area contributed by atoms with Gasteiger partial charge < -0.3 is 0 Å². The lowest BCUT2D eigenvalue weighted by Crippen LogP contribution is -1.84. The summed E-state index contributed by atoms with van der Waals surface area (Å²) in [7, 11) is 0. The van der Waals surface area contributed by atoms with Gasteiger partial charge in [-0.15, -0.1) is 0 Å². The van der Waals surface area contributed by atoms with Crippen molar-refractivity contribution in [3.8, 4) is 11.1 Å². The zero-order valence-electron chi connectivity index (χ0n) is 14.5. The molecule has 18 heavy (non-hydrogen) atoms. The molecule has 0 N–H and O–H groups in total. The predicted molar refractivity (Wildman–Crippen MR) is 78.9 cm³/mol. The van der Waals surface area contributed by atoms with Gasteiger partial charge in [0.2, 0.25) is 0 Å². The maximum Gasteiger partial charge on any atom is 0.0629 e. The molecule has 0 fully saturated rings. The third-order valence-electron chi connectivity index (χ3n) is 3.16. The molecule has 0 heteroatoms. The van der Waals surface area contributed by atoms with Crippen molar-refractivity contribution in [2.45, 2.75) is 13.8 Å². The van der Waals surface area contributed by atoms with Gasteiger partial charge in [0.15, 0.2) is 0 Å². The molecule has 3 rings (SSSR count). The molecule has 3 aromatic carbocycles. The van der Waals surface area contributed by atoms with Crippen LogP contribution < -0.4 is 0 Å². The largest absolute Gasteiger partial charge is 0.0629 e. The average molecular weight is 236 g/mol. The van der Waals surface area contributed by atoms with Crippen molar-refractivity contribution >= 4 is 10.8 Å². The van der Waals surface area contributed by atoms with Crippen LogP contribution in [0.2, 0.25) is 0 Å². The Balaban J connectivity index is 2.46. The first-order valence-electron chi connectivity index (χ1n) is 7.99. The van der Waals surface area contributed by atoms with Crippen LogP contribution in [0, 0.1) is 13.8 Å². The Bertz CT molecular complexity index is 868. The summed E-state index contributed by atoms with van der Waals surface area (Å²) in [6.45, 7) is 3.65. The van der Waals surface area contributed by atoms with Crippen LogP contribution in [0.4, 0.5) is 0 Å². The zero-order valence-corrected chi connectivity index (χ0v) is 10.5. The minimum atomic E-state index is 0.0208. The first-order valence-corrected chi connectivity index (χ1v) is 5.99. The predicted octanol–water partition coefficient (Wildman–Crippen LogP) is 5.12. The molecule has 0 aliphatic carbocycles. The first-order chi connectivity index (χ1) is 10.4. The molecule has 0 amide bonds. The Labute approximate surface area is 114 Å². The van der Waals surface area contributed by atoms with E-state index in [2.05, 4.69) is 0 Å². The summed E-state index contributed by atoms with van der Waals surface area (Å²) in [6, 6.07) is 11.8. The zero-order chi connectivity index (χ0) is 16.0. The second-order valence-corrected chi connectivity index (χ2v) is 4.48. The van der Waals surface area contributed by atoms with E-state index in [1.807, 2.05) is 43.3 Å². The molecule has 88 valence electrons. The summed E-state index contributed by atoms with van der Waals surface area (Å²) in [4.78, 5) is 0. The fourth-order valence-electron chi connectivity index (χ4n) is 2.18. The highest BCUT2D eigenvalue weighted by Gasteiger charge is 2.04. The number of fused-ring (bicyclic) bond motifs is 1. The number of rotatable bonds is 1. The molecule has 0 nitrogen and oxygen atoms in total. The summed E-state index contributed by atoms with van der Waals surface area (Å²) in [5.74, 6) is 0. The Morgan fingerprint density at radius 3 is 2.17 bits per heavy atom. The van der Waals surface area contributed by atoms with Gasteiger partial charge in [-0.1, -0.05) is 66.1 Å². The van der Waals surface area contributed by atoms with Crippen molar-refractivity contribution in [3.05, 3.63) is 71.7 Å². The number of hydrogen-bond donors (Lipinski definition) is 0. The van der Waals surface area contributed by atoms with E-state index in [-0.39, 0.29) is 24.2 Å². The molecular weight excluding hydrogens is 216 g/mol. The van der Waals surface area contributed by atoms with E-state index in [9.17, 15) is 0 Å². The van der Waals surface area contributed by atoms with Crippen molar-refractivity contribution in [3.63, 3.8) is 0 Å². The minimum absolute atomic E-state index is 0.0208. The first kappa shape index (κ1) is 7.38. The lowest BCUT2D eigenvalue weighted by atomic mass is 9.95. The van der Waals surface area contributed by atoms with Gasteiger partial charge in [0.05, 0.1) is 5.48 Å². The van der Waals surface area contributed by atoms with Crippen molar-refractivity contribution in [1.29, 1.82) is 0 Å². The lowest BCUT2D eigenvalue weighted by Gasteiger charge is -2.09. The smallest absolute Gasteiger partial charge is 0.0616 e. The fraction of sp³-hybridized carbons (Fsp3) is 0.111. The van der Waals surface area contributed by atoms with E-state index >= 15 is 0 Å². The summed E-state index contributed by atoms with van der Waals surface area (Å²) >= 11 is 0. The maximum atomic E-state index is 8.25. The van der Waals surface area contributed by atoms with Crippen LogP contribution in [-0.2, 0) is 0 Å².